The summed E-state index contributed by atoms with van der Waals surface area (Å²) in [5, 5.41) is 12.4. The molecule has 0 fully saturated rings. The molecule has 7 heteroatoms. The SMILES string of the molecule is CC.CC.CCC.CCCN(Cc1ccc(C(=O)NC(CCSC)C(=O)O)c(-c2ccccc2C)c1)C(CC)COc1ccccc1. The molecule has 0 bridgehead atoms. The van der Waals surface area contributed by atoms with Crippen LogP contribution in [0.15, 0.2) is 72.8 Å². The second kappa shape index (κ2) is 26.7. The first-order valence-electron chi connectivity index (χ1n) is 17.4. The highest BCUT2D eigenvalue weighted by atomic mass is 32.2. The molecule has 2 atom stereocenters. The fourth-order valence-electron chi connectivity index (χ4n) is 4.82. The number of rotatable bonds is 16. The van der Waals surface area contributed by atoms with E-state index in [1.54, 1.807) is 11.8 Å². The molecule has 262 valence electrons. The second-order valence-corrected chi connectivity index (χ2v) is 11.7. The van der Waals surface area contributed by atoms with Crippen LogP contribution in [0.2, 0.25) is 0 Å². The van der Waals surface area contributed by atoms with E-state index < -0.39 is 12.0 Å². The summed E-state index contributed by atoms with van der Waals surface area (Å²) in [5.74, 6) is 0.133. The van der Waals surface area contributed by atoms with Crippen LogP contribution in [-0.4, -0.2) is 59.1 Å². The zero-order chi connectivity index (χ0) is 35.6. The van der Waals surface area contributed by atoms with E-state index in [1.165, 1.54) is 6.42 Å². The van der Waals surface area contributed by atoms with Gasteiger partial charge in [-0.3, -0.25) is 9.69 Å². The summed E-state index contributed by atoms with van der Waals surface area (Å²) in [6.07, 6.45) is 5.51. The number of nitrogens with zero attached hydrogens (tertiary/aromatic N) is 1. The van der Waals surface area contributed by atoms with Gasteiger partial charge in [0, 0.05) is 18.2 Å². The molecular formula is C40H62N2O4S. The lowest BCUT2D eigenvalue weighted by Gasteiger charge is -2.31. The second-order valence-electron chi connectivity index (χ2n) is 10.7. The van der Waals surface area contributed by atoms with Crippen LogP contribution in [-0.2, 0) is 11.3 Å². The van der Waals surface area contributed by atoms with Crippen LogP contribution in [0.25, 0.3) is 11.1 Å². The molecule has 0 aliphatic heterocycles. The molecule has 0 spiro atoms. The first kappa shape index (κ1) is 43.7. The Morgan fingerprint density at radius 2 is 1.51 bits per heavy atom. The summed E-state index contributed by atoms with van der Waals surface area (Å²) in [6.45, 7) is 20.9. The van der Waals surface area contributed by atoms with E-state index in [1.807, 2.05) is 108 Å². The van der Waals surface area contributed by atoms with E-state index in [-0.39, 0.29) is 11.9 Å². The third-order valence-electron chi connectivity index (χ3n) is 7.05. The first-order valence-corrected chi connectivity index (χ1v) is 18.8. The Hall–Kier alpha value is -3.29. The average molecular weight is 667 g/mol. The number of thioether (sulfide) groups is 1. The number of aliphatic carboxylic acids is 1. The Bertz CT molecular complexity index is 1250. The molecular weight excluding hydrogens is 605 g/mol. The maximum Gasteiger partial charge on any atom is 0.326 e. The Balaban J connectivity index is 0.00000280. The van der Waals surface area contributed by atoms with Crippen molar-refractivity contribution in [2.75, 3.05) is 25.2 Å². The predicted molar refractivity (Wildman–Crippen MR) is 204 cm³/mol. The van der Waals surface area contributed by atoms with Crippen molar-refractivity contribution >= 4 is 23.6 Å². The van der Waals surface area contributed by atoms with Gasteiger partial charge in [0.15, 0.2) is 0 Å². The van der Waals surface area contributed by atoms with E-state index in [0.717, 1.165) is 53.9 Å². The van der Waals surface area contributed by atoms with Gasteiger partial charge in [-0.25, -0.2) is 4.79 Å². The smallest absolute Gasteiger partial charge is 0.326 e. The number of benzene rings is 3. The Kier molecular flexibility index (Phi) is 24.9. The lowest BCUT2D eigenvalue weighted by molar-refractivity contribution is -0.139. The fraction of sp³-hybridized carbons (Fsp3) is 0.500. The van der Waals surface area contributed by atoms with E-state index in [9.17, 15) is 14.7 Å². The minimum atomic E-state index is -1.02. The van der Waals surface area contributed by atoms with Crippen LogP contribution in [0.1, 0.15) is 103 Å². The van der Waals surface area contributed by atoms with Gasteiger partial charge in [-0.15, -0.1) is 0 Å². The van der Waals surface area contributed by atoms with Gasteiger partial charge in [-0.1, -0.05) is 110 Å². The monoisotopic (exact) mass is 666 g/mol. The Morgan fingerprint density at radius 1 is 0.894 bits per heavy atom. The summed E-state index contributed by atoms with van der Waals surface area (Å²) >= 11 is 1.56. The molecule has 47 heavy (non-hydrogen) atoms. The number of carbonyl (C=O) groups is 2. The first-order chi connectivity index (χ1) is 22.8. The molecule has 6 nitrogen and oxygen atoms in total. The van der Waals surface area contributed by atoms with Crippen molar-refractivity contribution in [3.05, 3.63) is 89.5 Å². The van der Waals surface area contributed by atoms with Gasteiger partial charge in [-0.2, -0.15) is 11.8 Å². The normalized spacial score (nSPS) is 11.4. The number of aryl methyl sites for hydroxylation is 1. The minimum Gasteiger partial charge on any atom is -0.492 e. The van der Waals surface area contributed by atoms with E-state index >= 15 is 0 Å². The summed E-state index contributed by atoms with van der Waals surface area (Å²) in [5.41, 5.74) is 4.41. The van der Waals surface area contributed by atoms with Crippen molar-refractivity contribution in [1.82, 2.24) is 10.2 Å². The van der Waals surface area contributed by atoms with E-state index in [4.69, 9.17) is 4.74 Å². The number of carboxylic acids is 1. The van der Waals surface area contributed by atoms with Gasteiger partial charge in [0.05, 0.1) is 0 Å². The minimum absolute atomic E-state index is 0.234. The van der Waals surface area contributed by atoms with Crippen molar-refractivity contribution < 1.29 is 19.4 Å². The summed E-state index contributed by atoms with van der Waals surface area (Å²) in [4.78, 5) is 27.7. The predicted octanol–water partition coefficient (Wildman–Crippen LogP) is 10.1. The summed E-state index contributed by atoms with van der Waals surface area (Å²) in [6, 6.07) is 23.1. The molecule has 0 heterocycles. The molecule has 3 aromatic carbocycles. The maximum absolute atomic E-state index is 13.4. The van der Waals surface area contributed by atoms with Gasteiger partial charge >= 0.3 is 5.97 Å². The van der Waals surface area contributed by atoms with Crippen LogP contribution in [0.5, 0.6) is 5.75 Å². The fourth-order valence-corrected chi connectivity index (χ4v) is 5.29. The van der Waals surface area contributed by atoms with E-state index in [2.05, 4.69) is 44.0 Å². The number of nitrogens with one attached hydrogen (secondary N) is 1. The molecule has 1 amide bonds. The molecule has 0 aromatic heterocycles. The molecule has 0 radical (unpaired) electrons. The van der Waals surface area contributed by atoms with Gasteiger partial charge in [-0.05, 0) is 91.3 Å². The topological polar surface area (TPSA) is 78.9 Å². The van der Waals surface area contributed by atoms with Gasteiger partial charge in [0.25, 0.3) is 5.91 Å². The highest BCUT2D eigenvalue weighted by molar-refractivity contribution is 7.98. The molecule has 0 saturated carbocycles. The molecule has 0 aliphatic rings. The number of ether oxygens (including phenoxy) is 1. The van der Waals surface area contributed by atoms with Crippen LogP contribution >= 0.6 is 11.8 Å². The average Bonchev–Trinajstić information content (AvgIpc) is 3.09. The third kappa shape index (κ3) is 15.9. The molecule has 0 saturated heterocycles. The Labute approximate surface area is 290 Å². The number of amides is 1. The van der Waals surface area contributed by atoms with Crippen molar-refractivity contribution in [3.63, 3.8) is 0 Å². The molecule has 0 aliphatic carbocycles. The van der Waals surface area contributed by atoms with Crippen LogP contribution in [0.4, 0.5) is 0 Å². The lowest BCUT2D eigenvalue weighted by atomic mass is 9.93. The number of carbonyl (C=O) groups excluding carboxylic acids is 1. The number of carboxylic acid groups (broad SMARTS) is 1. The quantitative estimate of drug-likeness (QED) is 0.158. The zero-order valence-corrected chi connectivity index (χ0v) is 31.6. The van der Waals surface area contributed by atoms with Crippen molar-refractivity contribution in [1.29, 1.82) is 0 Å². The number of para-hydroxylation sites is 1. The Morgan fingerprint density at radius 3 is 2.06 bits per heavy atom. The number of hydrogen-bond donors (Lipinski definition) is 2. The van der Waals surface area contributed by atoms with Crippen molar-refractivity contribution in [2.45, 2.75) is 107 Å². The summed E-state index contributed by atoms with van der Waals surface area (Å²) < 4.78 is 6.12. The van der Waals surface area contributed by atoms with Gasteiger partial charge in [0.1, 0.15) is 18.4 Å². The highest BCUT2D eigenvalue weighted by Crippen LogP contribution is 2.29. The van der Waals surface area contributed by atoms with Crippen molar-refractivity contribution in [3.8, 4) is 16.9 Å². The van der Waals surface area contributed by atoms with E-state index in [0.29, 0.717) is 24.3 Å². The third-order valence-corrected chi connectivity index (χ3v) is 7.69. The van der Waals surface area contributed by atoms with Gasteiger partial charge < -0.3 is 15.2 Å². The van der Waals surface area contributed by atoms with Crippen LogP contribution in [0.3, 0.4) is 0 Å². The van der Waals surface area contributed by atoms with Crippen LogP contribution < -0.4 is 10.1 Å². The molecule has 2 N–H and O–H groups in total. The zero-order valence-electron chi connectivity index (χ0n) is 30.8. The highest BCUT2D eigenvalue weighted by Gasteiger charge is 2.24. The molecule has 3 aromatic rings. The van der Waals surface area contributed by atoms with Gasteiger partial charge in [0.2, 0.25) is 0 Å². The lowest BCUT2D eigenvalue weighted by Crippen LogP contribution is -2.41. The standard InChI is InChI=1S/C33H42N2O4S.C3H8.2C2H6/c1-5-19-35(26(6-2)23-39-27-13-8-7-9-14-27)22-25-16-17-29(30(21-25)28-15-11-10-12-24(28)3)32(36)34-31(33(37)38)18-20-40-4;1-3-2;2*1-2/h7-17,21,26,31H,5-6,18-20,22-23H2,1-4H3,(H,34,36)(H,37,38);3H2,1-2H3;2*1-2H3. The maximum atomic E-state index is 13.4. The molecule has 2 unspecified atom stereocenters. The van der Waals surface area contributed by atoms with Crippen molar-refractivity contribution in [2.24, 2.45) is 0 Å². The largest absolute Gasteiger partial charge is 0.492 e. The summed E-state index contributed by atoms with van der Waals surface area (Å²) in [7, 11) is 0. The van der Waals surface area contributed by atoms with Crippen LogP contribution in [0, 0.1) is 6.92 Å². The molecule has 3 rings (SSSR count). The number of hydrogen-bond acceptors (Lipinski definition) is 5.